The molecule has 208 valence electrons. The highest BCUT2D eigenvalue weighted by Gasteiger charge is 2.35. The average molecular weight is 542 g/mol. The van der Waals surface area contributed by atoms with Gasteiger partial charge in [-0.25, -0.2) is 4.79 Å². The summed E-state index contributed by atoms with van der Waals surface area (Å²) in [4.78, 5) is 42.1. The van der Waals surface area contributed by atoms with Crippen molar-refractivity contribution >= 4 is 29.7 Å². The van der Waals surface area contributed by atoms with E-state index in [4.69, 9.17) is 4.74 Å². The topological polar surface area (TPSA) is 87.7 Å². The van der Waals surface area contributed by atoms with Crippen LogP contribution in [0.1, 0.15) is 68.8 Å². The molecule has 0 aliphatic heterocycles. The van der Waals surface area contributed by atoms with E-state index >= 15 is 0 Å². The van der Waals surface area contributed by atoms with Gasteiger partial charge in [0.15, 0.2) is 0 Å². The number of hydrogen-bond acceptors (Lipinski definition) is 5. The Morgan fingerprint density at radius 1 is 1.03 bits per heavy atom. The first-order valence-corrected chi connectivity index (χ1v) is 14.5. The van der Waals surface area contributed by atoms with E-state index in [1.165, 1.54) is 0 Å². The molecule has 0 saturated heterocycles. The molecule has 8 heteroatoms. The van der Waals surface area contributed by atoms with Gasteiger partial charge in [0.25, 0.3) is 0 Å². The molecule has 2 atom stereocenters. The van der Waals surface area contributed by atoms with Crippen LogP contribution in [0.2, 0.25) is 0 Å². The second-order valence-electron chi connectivity index (χ2n) is 10.5. The van der Waals surface area contributed by atoms with Gasteiger partial charge in [-0.1, -0.05) is 55.5 Å². The standard InChI is InChI=1S/C30H43N3O4S/c1-8-17-33(28(35)25(16-18-38-7)32-29(36)37-30(4,5)6)26(24-15-14-21(2)22(3)19-24)27(34)31-20-23-12-10-9-11-13-23/h9-15,19,25-26H,8,16-18,20H2,1-7H3,(H,31,34)(H,32,36). The van der Waals surface area contributed by atoms with Crippen LogP contribution < -0.4 is 10.6 Å². The van der Waals surface area contributed by atoms with E-state index in [1.807, 2.05) is 75.6 Å². The summed E-state index contributed by atoms with van der Waals surface area (Å²) in [5.74, 6) is 0.102. The second kappa shape index (κ2) is 14.8. The number of nitrogens with zero attached hydrogens (tertiary/aromatic N) is 1. The molecule has 2 aromatic rings. The van der Waals surface area contributed by atoms with Crippen LogP contribution >= 0.6 is 11.8 Å². The van der Waals surface area contributed by atoms with Gasteiger partial charge in [0, 0.05) is 13.1 Å². The van der Waals surface area contributed by atoms with Gasteiger partial charge in [-0.15, -0.1) is 0 Å². The van der Waals surface area contributed by atoms with E-state index in [1.54, 1.807) is 37.4 Å². The highest BCUT2D eigenvalue weighted by Crippen LogP contribution is 2.26. The third kappa shape index (κ3) is 9.71. The molecule has 0 saturated carbocycles. The van der Waals surface area contributed by atoms with Gasteiger partial charge >= 0.3 is 6.09 Å². The Labute approximate surface area is 232 Å². The van der Waals surface area contributed by atoms with Crippen molar-refractivity contribution in [3.8, 4) is 0 Å². The summed E-state index contributed by atoms with van der Waals surface area (Å²) < 4.78 is 5.44. The quantitative estimate of drug-likeness (QED) is 0.368. The minimum absolute atomic E-state index is 0.264. The molecule has 2 aromatic carbocycles. The maximum atomic E-state index is 14.1. The highest BCUT2D eigenvalue weighted by molar-refractivity contribution is 7.98. The van der Waals surface area contributed by atoms with Gasteiger partial charge in [-0.05, 0) is 81.7 Å². The summed E-state index contributed by atoms with van der Waals surface area (Å²) in [5, 5.41) is 5.80. The highest BCUT2D eigenvalue weighted by atomic mass is 32.2. The first-order valence-electron chi connectivity index (χ1n) is 13.1. The zero-order chi connectivity index (χ0) is 28.3. The molecule has 0 spiro atoms. The average Bonchev–Trinajstić information content (AvgIpc) is 2.86. The number of hydrogen-bond donors (Lipinski definition) is 2. The van der Waals surface area contributed by atoms with Crippen LogP contribution in [-0.4, -0.2) is 53.0 Å². The van der Waals surface area contributed by atoms with Crippen LogP contribution in [0.3, 0.4) is 0 Å². The number of rotatable bonds is 12. The van der Waals surface area contributed by atoms with E-state index in [-0.39, 0.29) is 11.8 Å². The van der Waals surface area contributed by atoms with Crippen molar-refractivity contribution in [1.82, 2.24) is 15.5 Å². The van der Waals surface area contributed by atoms with Crippen molar-refractivity contribution in [2.45, 2.75) is 78.6 Å². The second-order valence-corrected chi connectivity index (χ2v) is 11.4. The number of aryl methyl sites for hydroxylation is 2. The Morgan fingerprint density at radius 2 is 1.71 bits per heavy atom. The van der Waals surface area contributed by atoms with Crippen molar-refractivity contribution in [3.05, 3.63) is 70.8 Å². The van der Waals surface area contributed by atoms with Gasteiger partial charge in [0.1, 0.15) is 17.7 Å². The van der Waals surface area contributed by atoms with Crippen molar-refractivity contribution in [2.24, 2.45) is 0 Å². The molecule has 0 fully saturated rings. The number of nitrogens with one attached hydrogen (secondary N) is 2. The van der Waals surface area contributed by atoms with Gasteiger partial charge in [-0.3, -0.25) is 9.59 Å². The predicted octanol–water partition coefficient (Wildman–Crippen LogP) is 5.55. The van der Waals surface area contributed by atoms with Crippen molar-refractivity contribution in [1.29, 1.82) is 0 Å². The minimum atomic E-state index is -0.845. The molecular weight excluding hydrogens is 498 g/mol. The monoisotopic (exact) mass is 541 g/mol. The van der Waals surface area contributed by atoms with Gasteiger partial charge in [0.2, 0.25) is 11.8 Å². The Balaban J connectivity index is 2.44. The maximum Gasteiger partial charge on any atom is 0.408 e. The molecule has 0 aromatic heterocycles. The van der Waals surface area contributed by atoms with E-state index < -0.39 is 23.8 Å². The summed E-state index contributed by atoms with van der Waals surface area (Å²) in [5.41, 5.74) is 3.16. The number of thioether (sulfide) groups is 1. The van der Waals surface area contributed by atoms with E-state index in [0.29, 0.717) is 31.7 Å². The smallest absolute Gasteiger partial charge is 0.408 e. The summed E-state index contributed by atoms with van der Waals surface area (Å²) in [6.45, 7) is 12.0. The lowest BCUT2D eigenvalue weighted by Gasteiger charge is -2.34. The van der Waals surface area contributed by atoms with Crippen LogP contribution in [0.15, 0.2) is 48.5 Å². The fraction of sp³-hybridized carbons (Fsp3) is 0.500. The Morgan fingerprint density at radius 3 is 2.29 bits per heavy atom. The van der Waals surface area contributed by atoms with Gasteiger partial charge < -0.3 is 20.3 Å². The fourth-order valence-corrected chi connectivity index (χ4v) is 4.51. The Bertz CT molecular complexity index is 1070. The molecule has 3 amide bonds. The lowest BCUT2D eigenvalue weighted by atomic mass is 9.98. The van der Waals surface area contributed by atoms with Crippen LogP contribution in [0.4, 0.5) is 4.79 Å². The zero-order valence-electron chi connectivity index (χ0n) is 23.8. The third-order valence-corrected chi connectivity index (χ3v) is 6.71. The van der Waals surface area contributed by atoms with E-state index in [2.05, 4.69) is 10.6 Å². The maximum absolute atomic E-state index is 14.1. The number of carbonyl (C=O) groups is 3. The lowest BCUT2D eigenvalue weighted by Crippen LogP contribution is -2.53. The lowest BCUT2D eigenvalue weighted by molar-refractivity contribution is -0.142. The third-order valence-electron chi connectivity index (χ3n) is 6.06. The molecule has 7 nitrogen and oxygen atoms in total. The SMILES string of the molecule is CCCN(C(=O)C(CCSC)NC(=O)OC(C)(C)C)C(C(=O)NCc1ccccc1)c1ccc(C)c(C)c1. The van der Waals surface area contributed by atoms with Gasteiger partial charge in [-0.2, -0.15) is 11.8 Å². The molecule has 0 bridgehead atoms. The molecule has 2 rings (SSSR count). The number of benzene rings is 2. The minimum Gasteiger partial charge on any atom is -0.444 e. The fourth-order valence-electron chi connectivity index (χ4n) is 4.04. The summed E-state index contributed by atoms with van der Waals surface area (Å²) in [6, 6.07) is 13.9. The summed E-state index contributed by atoms with van der Waals surface area (Å²) in [7, 11) is 0. The number of alkyl carbamates (subject to hydrolysis) is 1. The van der Waals surface area contributed by atoms with Crippen molar-refractivity contribution < 1.29 is 19.1 Å². The molecule has 2 N–H and O–H groups in total. The first-order chi connectivity index (χ1) is 18.0. The van der Waals surface area contributed by atoms with E-state index in [0.717, 1.165) is 22.3 Å². The normalized spacial score (nSPS) is 12.8. The molecule has 0 aliphatic carbocycles. The van der Waals surface area contributed by atoms with Crippen LogP contribution in [-0.2, 0) is 20.9 Å². The van der Waals surface area contributed by atoms with Crippen LogP contribution in [0.5, 0.6) is 0 Å². The molecule has 38 heavy (non-hydrogen) atoms. The van der Waals surface area contributed by atoms with Crippen molar-refractivity contribution in [2.75, 3.05) is 18.6 Å². The van der Waals surface area contributed by atoms with Crippen LogP contribution in [0, 0.1) is 13.8 Å². The van der Waals surface area contributed by atoms with Crippen LogP contribution in [0.25, 0.3) is 0 Å². The number of ether oxygens (including phenoxy) is 1. The number of carbonyl (C=O) groups excluding carboxylic acids is 3. The Hall–Kier alpha value is -3.00. The first kappa shape index (κ1) is 31.2. The van der Waals surface area contributed by atoms with E-state index in [9.17, 15) is 14.4 Å². The molecule has 0 aliphatic rings. The molecule has 0 radical (unpaired) electrons. The van der Waals surface area contributed by atoms with Gasteiger partial charge in [0.05, 0.1) is 0 Å². The number of amides is 3. The molecule has 2 unspecified atom stereocenters. The predicted molar refractivity (Wildman–Crippen MR) is 155 cm³/mol. The summed E-state index contributed by atoms with van der Waals surface area (Å²) >= 11 is 1.59. The molecule has 0 heterocycles. The van der Waals surface area contributed by atoms with Crippen molar-refractivity contribution in [3.63, 3.8) is 0 Å². The Kier molecular flexibility index (Phi) is 12.2. The molecular formula is C30H43N3O4S. The zero-order valence-corrected chi connectivity index (χ0v) is 24.6. The summed E-state index contributed by atoms with van der Waals surface area (Å²) in [6.07, 6.45) is 2.38. The largest absolute Gasteiger partial charge is 0.444 e.